The van der Waals surface area contributed by atoms with E-state index in [2.05, 4.69) is 27.3 Å². The summed E-state index contributed by atoms with van der Waals surface area (Å²) in [5.41, 5.74) is 1.21. The van der Waals surface area contributed by atoms with Crippen molar-refractivity contribution in [2.75, 3.05) is 5.32 Å². The van der Waals surface area contributed by atoms with Crippen molar-refractivity contribution in [2.24, 2.45) is 0 Å². The number of nitriles is 1. The summed E-state index contributed by atoms with van der Waals surface area (Å²) in [4.78, 5) is 23.5. The molecule has 0 aliphatic heterocycles. The number of carbonyl (C=O) groups excluding carboxylic acids is 1. The molecule has 0 aliphatic rings. The van der Waals surface area contributed by atoms with Crippen LogP contribution in [0.5, 0.6) is 0 Å². The van der Waals surface area contributed by atoms with E-state index in [0.29, 0.717) is 15.0 Å². The lowest BCUT2D eigenvalue weighted by atomic mass is 10.1. The molecule has 1 N–H and O–H groups in total. The first-order valence-electron chi connectivity index (χ1n) is 6.10. The van der Waals surface area contributed by atoms with Gasteiger partial charge in [0.2, 0.25) is 0 Å². The molecule has 6 nitrogen and oxygen atoms in total. The Balaban J connectivity index is 2.35. The molecule has 1 heterocycles. The number of nitro groups is 1. The molecule has 2 rings (SSSR count). The standard InChI is InChI=1S/C14H10BrN3O3S/c1-7-8(2)22-14(10(7)6-16)17-13(19)9-3-4-11(15)12(5-9)18(20)21/h3-5H,1-2H3,(H,17,19). The largest absolute Gasteiger partial charge is 0.312 e. The van der Waals surface area contributed by atoms with Gasteiger partial charge in [0, 0.05) is 16.5 Å². The van der Waals surface area contributed by atoms with E-state index in [1.54, 1.807) is 0 Å². The van der Waals surface area contributed by atoms with Crippen molar-refractivity contribution in [3.05, 3.63) is 54.4 Å². The first kappa shape index (κ1) is 16.1. The lowest BCUT2D eigenvalue weighted by Crippen LogP contribution is -2.12. The topological polar surface area (TPSA) is 96.0 Å². The maximum absolute atomic E-state index is 12.2. The van der Waals surface area contributed by atoms with Crippen LogP contribution < -0.4 is 5.32 Å². The van der Waals surface area contributed by atoms with Gasteiger partial charge < -0.3 is 5.32 Å². The Bertz CT molecular complexity index is 823. The Kier molecular flexibility index (Phi) is 4.59. The van der Waals surface area contributed by atoms with E-state index in [9.17, 15) is 14.9 Å². The minimum atomic E-state index is -0.568. The highest BCUT2D eigenvalue weighted by atomic mass is 79.9. The Morgan fingerprint density at radius 1 is 1.45 bits per heavy atom. The number of anilines is 1. The van der Waals surface area contributed by atoms with Crippen molar-refractivity contribution < 1.29 is 9.72 Å². The maximum Gasteiger partial charge on any atom is 0.284 e. The van der Waals surface area contributed by atoms with Crippen LogP contribution in [0.15, 0.2) is 22.7 Å². The molecule has 22 heavy (non-hydrogen) atoms. The number of nitrogens with zero attached hydrogens (tertiary/aromatic N) is 2. The molecule has 0 fully saturated rings. The van der Waals surface area contributed by atoms with Crippen molar-refractivity contribution in [1.29, 1.82) is 5.26 Å². The summed E-state index contributed by atoms with van der Waals surface area (Å²) < 4.78 is 0.301. The fourth-order valence-electron chi connectivity index (χ4n) is 1.82. The van der Waals surface area contributed by atoms with Gasteiger partial charge in [-0.1, -0.05) is 0 Å². The van der Waals surface area contributed by atoms with Crippen LogP contribution in [0, 0.1) is 35.3 Å². The van der Waals surface area contributed by atoms with E-state index in [0.717, 1.165) is 10.4 Å². The van der Waals surface area contributed by atoms with Crippen LogP contribution in [0.4, 0.5) is 10.7 Å². The Hall–Kier alpha value is -2.24. The summed E-state index contributed by atoms with van der Waals surface area (Å²) in [5, 5.41) is 23.2. The minimum absolute atomic E-state index is 0.155. The van der Waals surface area contributed by atoms with Gasteiger partial charge in [0.25, 0.3) is 11.6 Å². The quantitative estimate of drug-likeness (QED) is 0.639. The molecular weight excluding hydrogens is 370 g/mol. The van der Waals surface area contributed by atoms with E-state index in [4.69, 9.17) is 5.26 Å². The van der Waals surface area contributed by atoms with Gasteiger partial charge in [-0.3, -0.25) is 14.9 Å². The molecule has 0 aliphatic carbocycles. The molecule has 1 aromatic heterocycles. The van der Waals surface area contributed by atoms with E-state index in [-0.39, 0.29) is 11.3 Å². The Morgan fingerprint density at radius 3 is 2.73 bits per heavy atom. The first-order valence-corrected chi connectivity index (χ1v) is 7.71. The smallest absolute Gasteiger partial charge is 0.284 e. The fourth-order valence-corrected chi connectivity index (χ4v) is 3.22. The van der Waals surface area contributed by atoms with Crippen molar-refractivity contribution >= 4 is 43.9 Å². The van der Waals surface area contributed by atoms with Crippen molar-refractivity contribution in [2.45, 2.75) is 13.8 Å². The average molecular weight is 380 g/mol. The van der Waals surface area contributed by atoms with Crippen LogP contribution in [0.1, 0.15) is 26.4 Å². The molecule has 0 saturated carbocycles. The van der Waals surface area contributed by atoms with Gasteiger partial charge in [0.15, 0.2) is 0 Å². The Morgan fingerprint density at radius 2 is 2.14 bits per heavy atom. The Labute approximate surface area is 138 Å². The summed E-state index contributed by atoms with van der Waals surface area (Å²) >= 11 is 4.37. The molecule has 0 spiro atoms. The zero-order valence-electron chi connectivity index (χ0n) is 11.6. The number of thiophene rings is 1. The van der Waals surface area contributed by atoms with Crippen LogP contribution in [0.25, 0.3) is 0 Å². The molecular formula is C14H10BrN3O3S. The highest BCUT2D eigenvalue weighted by Gasteiger charge is 2.19. The number of halogens is 1. The monoisotopic (exact) mass is 379 g/mol. The van der Waals surface area contributed by atoms with Crippen LogP contribution in [-0.2, 0) is 0 Å². The van der Waals surface area contributed by atoms with Gasteiger partial charge in [-0.25, -0.2) is 0 Å². The number of benzene rings is 1. The lowest BCUT2D eigenvalue weighted by molar-refractivity contribution is -0.385. The van der Waals surface area contributed by atoms with Gasteiger partial charge in [-0.2, -0.15) is 5.26 Å². The molecule has 0 bridgehead atoms. The number of nitro benzene ring substituents is 1. The van der Waals surface area contributed by atoms with E-state index in [1.807, 2.05) is 13.8 Å². The number of amides is 1. The van der Waals surface area contributed by atoms with Gasteiger partial charge in [-0.15, -0.1) is 11.3 Å². The zero-order valence-corrected chi connectivity index (χ0v) is 14.0. The average Bonchev–Trinajstić information content (AvgIpc) is 2.73. The van der Waals surface area contributed by atoms with Crippen LogP contribution >= 0.6 is 27.3 Å². The number of hydrogen-bond donors (Lipinski definition) is 1. The number of carbonyl (C=O) groups is 1. The SMILES string of the molecule is Cc1sc(NC(=O)c2ccc(Br)c([N+](=O)[O-])c2)c(C#N)c1C. The number of aryl methyl sites for hydroxylation is 1. The second-order valence-corrected chi connectivity index (χ2v) is 6.56. The lowest BCUT2D eigenvalue weighted by Gasteiger charge is -2.04. The summed E-state index contributed by atoms with van der Waals surface area (Å²) in [6.07, 6.45) is 0. The van der Waals surface area contributed by atoms with Crippen molar-refractivity contribution in [3.63, 3.8) is 0 Å². The molecule has 112 valence electrons. The first-order chi connectivity index (χ1) is 10.3. The molecule has 8 heteroatoms. The van der Waals surface area contributed by atoms with Gasteiger partial charge >= 0.3 is 0 Å². The van der Waals surface area contributed by atoms with E-state index >= 15 is 0 Å². The number of rotatable bonds is 3. The van der Waals surface area contributed by atoms with Gasteiger partial charge in [0.1, 0.15) is 11.1 Å². The van der Waals surface area contributed by atoms with Gasteiger partial charge in [0.05, 0.1) is 15.0 Å². The van der Waals surface area contributed by atoms with Gasteiger partial charge in [-0.05, 0) is 47.5 Å². The minimum Gasteiger partial charge on any atom is -0.312 e. The van der Waals surface area contributed by atoms with E-state index < -0.39 is 10.8 Å². The molecule has 1 aromatic carbocycles. The predicted octanol–water partition coefficient (Wildman–Crippen LogP) is 4.16. The maximum atomic E-state index is 12.2. The van der Waals surface area contributed by atoms with Crippen LogP contribution in [0.2, 0.25) is 0 Å². The predicted molar refractivity (Wildman–Crippen MR) is 87.3 cm³/mol. The van der Waals surface area contributed by atoms with Crippen molar-refractivity contribution in [1.82, 2.24) is 0 Å². The molecule has 2 aromatic rings. The third-order valence-electron chi connectivity index (χ3n) is 3.13. The third kappa shape index (κ3) is 3.00. The van der Waals surface area contributed by atoms with Crippen LogP contribution in [-0.4, -0.2) is 10.8 Å². The molecule has 1 amide bonds. The summed E-state index contributed by atoms with van der Waals surface area (Å²) in [6, 6.07) is 6.18. The van der Waals surface area contributed by atoms with Crippen LogP contribution in [0.3, 0.4) is 0 Å². The summed E-state index contributed by atoms with van der Waals surface area (Å²) in [6.45, 7) is 3.67. The summed E-state index contributed by atoms with van der Waals surface area (Å²) in [7, 11) is 0. The molecule has 0 radical (unpaired) electrons. The highest BCUT2D eigenvalue weighted by molar-refractivity contribution is 9.10. The second-order valence-electron chi connectivity index (χ2n) is 4.48. The summed E-state index contributed by atoms with van der Waals surface area (Å²) in [5.74, 6) is -0.492. The third-order valence-corrected chi connectivity index (χ3v) is 4.92. The molecule has 0 atom stereocenters. The van der Waals surface area contributed by atoms with E-state index in [1.165, 1.54) is 29.5 Å². The second kappa shape index (κ2) is 6.25. The number of hydrogen-bond acceptors (Lipinski definition) is 5. The highest BCUT2D eigenvalue weighted by Crippen LogP contribution is 2.32. The molecule has 0 saturated heterocycles. The molecule has 0 unspecified atom stereocenters. The fraction of sp³-hybridized carbons (Fsp3) is 0.143. The zero-order chi connectivity index (χ0) is 16.4. The van der Waals surface area contributed by atoms with Crippen molar-refractivity contribution in [3.8, 4) is 6.07 Å². The normalized spacial score (nSPS) is 10.1. The number of nitrogens with one attached hydrogen (secondary N) is 1.